The molecule has 4 aromatic carbocycles. The minimum absolute atomic E-state index is 0.0119. The number of benzene rings is 4. The van der Waals surface area contributed by atoms with E-state index >= 15 is 0 Å². The second-order valence-corrected chi connectivity index (χ2v) is 22.1. The fraction of sp³-hybridized carbons (Fsp3) is 0.306. The van der Waals surface area contributed by atoms with Crippen molar-refractivity contribution in [1.29, 1.82) is 0 Å². The van der Waals surface area contributed by atoms with Crippen LogP contribution in [0.4, 0.5) is 11.4 Å². The number of methoxy groups -OCH3 is 1. The van der Waals surface area contributed by atoms with Gasteiger partial charge in [0.2, 0.25) is 10.0 Å². The van der Waals surface area contributed by atoms with Gasteiger partial charge in [0.15, 0.2) is 0 Å². The van der Waals surface area contributed by atoms with Gasteiger partial charge in [-0.3, -0.25) is 24.8 Å². The second kappa shape index (κ2) is 21.3. The molecule has 0 aromatic heterocycles. The number of nitro groups is 2. The highest BCUT2D eigenvalue weighted by Crippen LogP contribution is 2.81. The van der Waals surface area contributed by atoms with Crippen molar-refractivity contribution in [1.82, 2.24) is 4.72 Å². The molecule has 2 heterocycles. The van der Waals surface area contributed by atoms with Crippen molar-refractivity contribution in [2.24, 2.45) is 13.5 Å². The molecule has 2 unspecified atom stereocenters. The molecule has 0 aliphatic carbocycles. The van der Waals surface area contributed by atoms with E-state index in [4.69, 9.17) is 57.3 Å². The third-order valence-electron chi connectivity index (χ3n) is 8.41. The van der Waals surface area contributed by atoms with Crippen LogP contribution in [0, 0.1) is 27.2 Å². The highest BCUT2D eigenvalue weighted by Gasteiger charge is 2.45. The molecule has 0 saturated heterocycles. The largest absolute Gasteiger partial charge is 0.468 e. The van der Waals surface area contributed by atoms with E-state index in [9.17, 15) is 33.4 Å². The first-order valence-electron chi connectivity index (χ1n) is 18.6. The standard InChI is InChI=1S/C36H40ClN6O16P3S/c1-27-3-17-34(18-4-27)63(49,50)38-35(36(44)51-2)28-5-11-31(12-6-28)57-61-39-60(37,55-25-23-53-21-19-52-20-22-54-24-26-56-61)40-62(41-61,58-32-13-7-29(8-14-32)42(45)46)59-33-15-9-30(10-16-33)43(47)48/h3-18,35,38H,19-26H2,1-2H3/t35-,60?,61?/m1/s1. The van der Waals surface area contributed by atoms with E-state index in [1.54, 1.807) is 19.1 Å². The van der Waals surface area contributed by atoms with E-state index in [0.29, 0.717) is 0 Å². The summed E-state index contributed by atoms with van der Waals surface area (Å²) in [5, 5.41) is 23.0. The Morgan fingerprint density at radius 2 is 1.14 bits per heavy atom. The van der Waals surface area contributed by atoms with Crippen LogP contribution in [-0.4, -0.2) is 84.2 Å². The van der Waals surface area contributed by atoms with Gasteiger partial charge < -0.3 is 37.0 Å². The third-order valence-corrected chi connectivity index (χ3v) is 19.1. The SMILES string of the molecule is COC(=O)[C@H](NS(=O)(=O)c1ccc(C)cc1)c1ccc(OP23=NP(Oc4ccc([N+](=O)[O-])cc4)(Oc4ccc([N+](=O)[O-])cc4)=NP(Cl)(=N2)OCCOCCOCCOCCO3)cc1. The van der Waals surface area contributed by atoms with E-state index in [1.165, 1.54) is 84.9 Å². The molecule has 2 aliphatic rings. The highest BCUT2D eigenvalue weighted by atomic mass is 35.7. The summed E-state index contributed by atoms with van der Waals surface area (Å²) >= 11 is 7.20. The highest BCUT2D eigenvalue weighted by molar-refractivity contribution is 7.94. The smallest absolute Gasteiger partial charge is 0.457 e. The lowest BCUT2D eigenvalue weighted by Crippen LogP contribution is -2.34. The lowest BCUT2D eigenvalue weighted by Gasteiger charge is -2.31. The number of sulfonamides is 1. The van der Waals surface area contributed by atoms with Gasteiger partial charge in [0, 0.05) is 24.3 Å². The first kappa shape index (κ1) is 47.7. The maximum atomic E-state index is 13.4. The molecule has 6 rings (SSSR count). The van der Waals surface area contributed by atoms with Gasteiger partial charge >= 0.3 is 28.1 Å². The maximum Gasteiger partial charge on any atom is 0.457 e. The van der Waals surface area contributed by atoms with Crippen molar-refractivity contribution in [3.05, 3.63) is 128 Å². The molecule has 0 saturated carbocycles. The molecular weight excluding hydrogens is 933 g/mol. The van der Waals surface area contributed by atoms with Crippen LogP contribution in [0.1, 0.15) is 17.2 Å². The van der Waals surface area contributed by atoms with Crippen LogP contribution in [0.25, 0.3) is 0 Å². The number of fused-ring (bicyclic) bond motifs is 1. The molecule has 4 aromatic rings. The van der Waals surface area contributed by atoms with E-state index in [2.05, 4.69) is 13.8 Å². The van der Waals surface area contributed by atoms with Gasteiger partial charge in [-0.2, -0.15) is 4.72 Å². The number of rotatable bonds is 13. The Bertz CT molecular complexity index is 2490. The number of nitrogens with one attached hydrogen (secondary N) is 1. The molecule has 63 heavy (non-hydrogen) atoms. The molecule has 2 aliphatic heterocycles. The van der Waals surface area contributed by atoms with Gasteiger partial charge in [-0.15, -0.1) is 13.5 Å². The first-order valence-corrected chi connectivity index (χ1v) is 25.7. The van der Waals surface area contributed by atoms with Gasteiger partial charge in [0.1, 0.15) is 23.3 Å². The summed E-state index contributed by atoms with van der Waals surface area (Å²) in [6, 6.07) is 19.9. The summed E-state index contributed by atoms with van der Waals surface area (Å²) in [5.74, 6) is -0.932. The summed E-state index contributed by atoms with van der Waals surface area (Å²) < 4.78 is 96.8. The number of carbonyl (C=O) groups excluding carboxylic acids is 1. The summed E-state index contributed by atoms with van der Waals surface area (Å²) in [4.78, 5) is 34.7. The number of carbonyl (C=O) groups is 1. The van der Waals surface area contributed by atoms with Crippen molar-refractivity contribution >= 4 is 60.7 Å². The molecule has 0 spiro atoms. The van der Waals surface area contributed by atoms with Crippen LogP contribution in [0.5, 0.6) is 17.2 Å². The summed E-state index contributed by atoms with van der Waals surface area (Å²) in [6.07, 6.45) is 0. The summed E-state index contributed by atoms with van der Waals surface area (Å²) in [6.45, 7) is -1.69. The fourth-order valence-corrected chi connectivity index (χ4v) is 16.7. The zero-order chi connectivity index (χ0) is 45.1. The van der Waals surface area contributed by atoms with Gasteiger partial charge in [-0.1, -0.05) is 29.8 Å². The average Bonchev–Trinajstić information content (AvgIpc) is 3.24. The Balaban J connectivity index is 1.46. The van der Waals surface area contributed by atoms with Crippen LogP contribution < -0.4 is 18.3 Å². The van der Waals surface area contributed by atoms with Crippen molar-refractivity contribution in [3.63, 3.8) is 0 Å². The number of nitro benzene ring substituents is 2. The fourth-order valence-electron chi connectivity index (χ4n) is 5.40. The molecule has 0 amide bonds. The second-order valence-electron chi connectivity index (χ2n) is 13.0. The molecule has 338 valence electrons. The van der Waals surface area contributed by atoms with E-state index in [-0.39, 0.29) is 91.9 Å². The number of ether oxygens (including phenoxy) is 4. The molecule has 22 nitrogen and oxygen atoms in total. The number of nitrogens with zero attached hydrogens (tertiary/aromatic N) is 5. The molecular formula is C36H40ClN6O16P3S. The number of non-ortho nitro benzene ring substituents is 2. The minimum atomic E-state index is -4.33. The number of aryl methyl sites for hydroxylation is 1. The van der Waals surface area contributed by atoms with Crippen molar-refractivity contribution < 1.29 is 64.6 Å². The minimum Gasteiger partial charge on any atom is -0.468 e. The summed E-state index contributed by atoms with van der Waals surface area (Å²) in [7, 11) is -11.7. The van der Waals surface area contributed by atoms with Crippen molar-refractivity contribution in [2.45, 2.75) is 17.9 Å². The first-order chi connectivity index (χ1) is 30.1. The molecule has 3 atom stereocenters. The normalized spacial score (nSPS) is 21.2. The lowest BCUT2D eigenvalue weighted by atomic mass is 10.1. The van der Waals surface area contributed by atoms with E-state index < -0.39 is 54.0 Å². The molecule has 0 fully saturated rings. The Hall–Kier alpha value is -4.76. The number of hydrogen-bond acceptors (Lipinski definition) is 19. The van der Waals surface area contributed by atoms with Gasteiger partial charge in [0.25, 0.3) is 11.4 Å². The van der Waals surface area contributed by atoms with Crippen LogP contribution >= 0.6 is 33.3 Å². The Kier molecular flexibility index (Phi) is 16.1. The van der Waals surface area contributed by atoms with E-state index in [1.807, 2.05) is 0 Å². The predicted octanol–water partition coefficient (Wildman–Crippen LogP) is 8.73. The Morgan fingerprint density at radius 3 is 1.63 bits per heavy atom. The maximum absolute atomic E-state index is 13.4. The zero-order valence-electron chi connectivity index (χ0n) is 33.4. The van der Waals surface area contributed by atoms with E-state index in [0.717, 1.165) is 12.7 Å². The quantitative estimate of drug-likeness (QED) is 0.0567. The van der Waals surface area contributed by atoms with Gasteiger partial charge in [0.05, 0.1) is 74.7 Å². The number of hydrogen-bond donors (Lipinski definition) is 1. The average molecular weight is 973 g/mol. The zero-order valence-corrected chi connectivity index (χ0v) is 37.6. The van der Waals surface area contributed by atoms with Crippen LogP contribution in [0.3, 0.4) is 0 Å². The summed E-state index contributed by atoms with van der Waals surface area (Å²) in [5.41, 5.74) is 0.480. The van der Waals surface area contributed by atoms with Crippen molar-refractivity contribution in [2.75, 3.05) is 60.0 Å². The van der Waals surface area contributed by atoms with Crippen LogP contribution in [-0.2, 0) is 42.8 Å². The van der Waals surface area contributed by atoms with Gasteiger partial charge in [-0.25, -0.2) is 13.2 Å². The Morgan fingerprint density at radius 1 is 0.683 bits per heavy atom. The lowest BCUT2D eigenvalue weighted by molar-refractivity contribution is -0.385. The number of halogens is 1. The van der Waals surface area contributed by atoms with Crippen LogP contribution in [0.2, 0.25) is 0 Å². The Labute approximate surface area is 365 Å². The molecule has 0 radical (unpaired) electrons. The van der Waals surface area contributed by atoms with Gasteiger partial charge in [-0.05, 0) is 72.3 Å². The molecule has 1 N–H and O–H groups in total. The number of esters is 1. The third kappa shape index (κ3) is 13.2. The van der Waals surface area contributed by atoms with Crippen LogP contribution in [0.15, 0.2) is 116 Å². The predicted molar refractivity (Wildman–Crippen MR) is 229 cm³/mol. The monoisotopic (exact) mass is 972 g/mol. The van der Waals surface area contributed by atoms with Crippen molar-refractivity contribution in [3.8, 4) is 17.2 Å². The molecule has 2 bridgehead atoms. The topological polar surface area (TPSA) is 270 Å². The molecule has 27 heteroatoms.